The maximum atomic E-state index is 11.4. The third kappa shape index (κ3) is 4.85. The van der Waals surface area contributed by atoms with Gasteiger partial charge in [-0.25, -0.2) is 0 Å². The molecule has 1 saturated carbocycles. The zero-order chi connectivity index (χ0) is 12.7. The molecule has 0 heterocycles. The van der Waals surface area contributed by atoms with Crippen LogP contribution in [0.4, 0.5) is 0 Å². The molecule has 1 rings (SSSR count). The molecule has 5 heteroatoms. The van der Waals surface area contributed by atoms with E-state index < -0.39 is 11.5 Å². The number of hydrogen-bond acceptors (Lipinski definition) is 4. The second-order valence-corrected chi connectivity index (χ2v) is 5.82. The molecule has 0 radical (unpaired) electrons. The highest BCUT2D eigenvalue weighted by Crippen LogP contribution is 2.27. The van der Waals surface area contributed by atoms with Crippen molar-refractivity contribution in [2.45, 2.75) is 50.6 Å². The maximum Gasteiger partial charge on any atom is 0.323 e. The first-order valence-corrected chi connectivity index (χ1v) is 7.50. The van der Waals surface area contributed by atoms with Crippen LogP contribution in [0.1, 0.15) is 39.0 Å². The van der Waals surface area contributed by atoms with Crippen molar-refractivity contribution in [2.24, 2.45) is 0 Å². The van der Waals surface area contributed by atoms with Crippen LogP contribution in [0.3, 0.4) is 0 Å². The first kappa shape index (κ1) is 14.8. The van der Waals surface area contributed by atoms with Crippen molar-refractivity contribution in [2.75, 3.05) is 18.1 Å². The van der Waals surface area contributed by atoms with Gasteiger partial charge in [0.15, 0.2) is 0 Å². The molecule has 100 valence electrons. The summed E-state index contributed by atoms with van der Waals surface area (Å²) in [5, 5.41) is 21.3. The van der Waals surface area contributed by atoms with E-state index in [0.29, 0.717) is 18.9 Å². The van der Waals surface area contributed by atoms with Gasteiger partial charge in [0.1, 0.15) is 5.54 Å². The second-order valence-electron chi connectivity index (χ2n) is 4.60. The lowest BCUT2D eigenvalue weighted by atomic mass is 9.90. The van der Waals surface area contributed by atoms with Gasteiger partial charge >= 0.3 is 5.97 Å². The summed E-state index contributed by atoms with van der Waals surface area (Å²) in [6.07, 6.45) is 4.39. The minimum Gasteiger partial charge on any atom is -0.480 e. The molecule has 3 N–H and O–H groups in total. The van der Waals surface area contributed by atoms with Gasteiger partial charge in [0.2, 0.25) is 0 Å². The number of nitrogens with one attached hydrogen (secondary N) is 1. The summed E-state index contributed by atoms with van der Waals surface area (Å²) < 4.78 is 0. The number of thioether (sulfide) groups is 1. The topological polar surface area (TPSA) is 69.6 Å². The monoisotopic (exact) mass is 261 g/mol. The fourth-order valence-corrected chi connectivity index (χ4v) is 2.61. The number of carboxylic acid groups (broad SMARTS) is 1. The summed E-state index contributed by atoms with van der Waals surface area (Å²) in [4.78, 5) is 11.4. The number of aliphatic hydroxyl groups excluding tert-OH is 1. The van der Waals surface area contributed by atoms with E-state index in [1.165, 1.54) is 0 Å². The predicted octanol–water partition coefficient (Wildman–Crippen LogP) is 1.48. The Morgan fingerprint density at radius 1 is 1.47 bits per heavy atom. The molecular formula is C12H23NO3S. The van der Waals surface area contributed by atoms with Crippen LogP contribution < -0.4 is 5.32 Å². The Kier molecular flexibility index (Phi) is 6.30. The molecule has 0 saturated heterocycles. The minimum absolute atomic E-state index is 0.197. The lowest BCUT2D eigenvalue weighted by Crippen LogP contribution is -2.52. The number of carboxylic acids is 1. The zero-order valence-corrected chi connectivity index (χ0v) is 11.3. The first-order chi connectivity index (χ1) is 8.14. The molecule has 1 unspecified atom stereocenters. The molecule has 1 fully saturated rings. The Bertz CT molecular complexity index is 246. The van der Waals surface area contributed by atoms with Gasteiger partial charge in [-0.3, -0.25) is 10.1 Å². The Balaban J connectivity index is 2.36. The zero-order valence-electron chi connectivity index (χ0n) is 10.4. The van der Waals surface area contributed by atoms with Crippen molar-refractivity contribution in [3.8, 4) is 0 Å². The first-order valence-electron chi connectivity index (χ1n) is 6.34. The molecule has 1 aliphatic rings. The highest BCUT2D eigenvalue weighted by atomic mass is 32.2. The molecule has 4 nitrogen and oxygen atoms in total. The molecule has 0 amide bonds. The van der Waals surface area contributed by atoms with Crippen molar-refractivity contribution in [1.29, 1.82) is 0 Å². The predicted molar refractivity (Wildman–Crippen MR) is 70.5 cm³/mol. The summed E-state index contributed by atoms with van der Waals surface area (Å²) in [7, 11) is 0. The number of aliphatic hydroxyl groups is 1. The Hall–Kier alpha value is -0.260. The van der Waals surface area contributed by atoms with Gasteiger partial charge in [-0.2, -0.15) is 11.8 Å². The van der Waals surface area contributed by atoms with Crippen LogP contribution in [0.2, 0.25) is 0 Å². The summed E-state index contributed by atoms with van der Waals surface area (Å²) in [5.41, 5.74) is -0.735. The van der Waals surface area contributed by atoms with Crippen LogP contribution in [0.15, 0.2) is 0 Å². The van der Waals surface area contributed by atoms with E-state index in [0.717, 1.165) is 30.8 Å². The number of rotatable bonds is 10. The molecule has 0 bridgehead atoms. The van der Waals surface area contributed by atoms with Crippen molar-refractivity contribution in [3.63, 3.8) is 0 Å². The number of hydrogen-bond donors (Lipinski definition) is 3. The Morgan fingerprint density at radius 3 is 2.65 bits per heavy atom. The van der Waals surface area contributed by atoms with E-state index in [1.54, 1.807) is 11.8 Å². The molecule has 0 aromatic heterocycles. The van der Waals surface area contributed by atoms with E-state index in [9.17, 15) is 9.90 Å². The normalized spacial score (nSPS) is 18.9. The van der Waals surface area contributed by atoms with Crippen LogP contribution >= 0.6 is 11.8 Å². The van der Waals surface area contributed by atoms with Crippen molar-refractivity contribution < 1.29 is 15.0 Å². The Morgan fingerprint density at radius 2 is 2.18 bits per heavy atom. The van der Waals surface area contributed by atoms with Gasteiger partial charge in [-0.05, 0) is 37.9 Å². The largest absolute Gasteiger partial charge is 0.480 e. The van der Waals surface area contributed by atoms with E-state index in [2.05, 4.69) is 5.32 Å². The summed E-state index contributed by atoms with van der Waals surface area (Å²) in [6.45, 7) is 2.13. The molecule has 0 aliphatic heterocycles. The van der Waals surface area contributed by atoms with Gasteiger partial charge < -0.3 is 10.2 Å². The lowest BCUT2D eigenvalue weighted by Gasteiger charge is -2.29. The molecule has 0 spiro atoms. The molecule has 0 aromatic carbocycles. The average Bonchev–Trinajstić information content (AvgIpc) is 3.10. The standard InChI is InChI=1S/C12H23NO3S/c1-2-12(11(15)16,13-10-4-5-10)6-3-8-17-9-7-14/h10,13-14H,2-9H2,1H3,(H,15,16). The van der Waals surface area contributed by atoms with Gasteiger partial charge in [0, 0.05) is 11.8 Å². The smallest absolute Gasteiger partial charge is 0.323 e. The van der Waals surface area contributed by atoms with Gasteiger partial charge in [-0.15, -0.1) is 0 Å². The van der Waals surface area contributed by atoms with Crippen molar-refractivity contribution in [3.05, 3.63) is 0 Å². The van der Waals surface area contributed by atoms with Gasteiger partial charge in [0.05, 0.1) is 6.61 Å². The van der Waals surface area contributed by atoms with E-state index in [1.807, 2.05) is 6.92 Å². The lowest BCUT2D eigenvalue weighted by molar-refractivity contribution is -0.145. The highest BCUT2D eigenvalue weighted by molar-refractivity contribution is 7.99. The molecule has 0 aromatic rings. The van der Waals surface area contributed by atoms with Crippen LogP contribution in [0.5, 0.6) is 0 Å². The molecule has 17 heavy (non-hydrogen) atoms. The summed E-state index contributed by atoms with van der Waals surface area (Å²) in [5.74, 6) is 0.934. The molecule has 1 aliphatic carbocycles. The SMILES string of the molecule is CCC(CCCSCCO)(NC1CC1)C(=O)O. The number of carbonyl (C=O) groups is 1. The van der Waals surface area contributed by atoms with Crippen LogP contribution in [0, 0.1) is 0 Å². The summed E-state index contributed by atoms with van der Waals surface area (Å²) in [6, 6.07) is 0.413. The van der Waals surface area contributed by atoms with Crippen LogP contribution in [0.25, 0.3) is 0 Å². The minimum atomic E-state index is -0.735. The molecule has 1 atom stereocenters. The van der Waals surface area contributed by atoms with Crippen molar-refractivity contribution in [1.82, 2.24) is 5.32 Å². The van der Waals surface area contributed by atoms with Gasteiger partial charge in [-0.1, -0.05) is 6.92 Å². The average molecular weight is 261 g/mol. The van der Waals surface area contributed by atoms with Crippen molar-refractivity contribution >= 4 is 17.7 Å². The van der Waals surface area contributed by atoms with E-state index >= 15 is 0 Å². The van der Waals surface area contributed by atoms with E-state index in [4.69, 9.17) is 5.11 Å². The number of aliphatic carboxylic acids is 1. The third-order valence-electron chi connectivity index (χ3n) is 3.20. The fourth-order valence-electron chi connectivity index (χ4n) is 1.93. The summed E-state index contributed by atoms with van der Waals surface area (Å²) >= 11 is 1.68. The quantitative estimate of drug-likeness (QED) is 0.520. The van der Waals surface area contributed by atoms with E-state index in [-0.39, 0.29) is 6.61 Å². The van der Waals surface area contributed by atoms with Gasteiger partial charge in [0.25, 0.3) is 0 Å². The Labute approximate surface area is 107 Å². The molecular weight excluding hydrogens is 238 g/mol. The third-order valence-corrected chi connectivity index (χ3v) is 4.25. The fraction of sp³-hybridized carbons (Fsp3) is 0.917. The van der Waals surface area contributed by atoms with Crippen LogP contribution in [-0.4, -0.2) is 45.9 Å². The highest BCUT2D eigenvalue weighted by Gasteiger charge is 2.40. The maximum absolute atomic E-state index is 11.4. The second kappa shape index (κ2) is 7.24. The van der Waals surface area contributed by atoms with Crippen LogP contribution in [-0.2, 0) is 4.79 Å².